The van der Waals surface area contributed by atoms with Gasteiger partial charge in [0.05, 0.1) is 22.1 Å². The lowest BCUT2D eigenvalue weighted by Crippen LogP contribution is -2.02. The molecule has 0 N–H and O–H groups in total. The van der Waals surface area contributed by atoms with Crippen molar-refractivity contribution < 1.29 is 0 Å². The fourth-order valence-corrected chi connectivity index (χ4v) is 5.42. The first-order chi connectivity index (χ1) is 18.1. The zero-order chi connectivity index (χ0) is 25.1. The molecule has 3 heteroatoms. The molecule has 0 saturated carbocycles. The summed E-state index contributed by atoms with van der Waals surface area (Å²) in [6.07, 6.45) is 0. The molecule has 0 radical (unpaired) electrons. The molecule has 0 aliphatic carbocycles. The number of rotatable bonds is 3. The molecule has 0 saturated heterocycles. The van der Waals surface area contributed by atoms with Crippen LogP contribution in [0.1, 0.15) is 11.1 Å². The highest BCUT2D eigenvalue weighted by molar-refractivity contribution is 6.11. The Morgan fingerprint density at radius 2 is 1.00 bits per heavy atom. The monoisotopic (exact) mass is 477 g/mol. The van der Waals surface area contributed by atoms with Gasteiger partial charge in [0.2, 0.25) is 5.95 Å². The molecule has 178 valence electrons. The number of aryl methyl sites for hydroxylation is 3. The predicted octanol–water partition coefficient (Wildman–Crippen LogP) is 8.62. The minimum atomic E-state index is 0.923. The second-order valence-electron chi connectivity index (χ2n) is 9.99. The molecule has 0 unspecified atom stereocenters. The average Bonchev–Trinajstić information content (AvgIpc) is 3.43. The summed E-state index contributed by atoms with van der Waals surface area (Å²) in [5.74, 6) is 0.923. The molecule has 7 rings (SSSR count). The number of para-hydroxylation sites is 2. The molecule has 3 nitrogen and oxygen atoms in total. The number of imidazole rings is 1. The van der Waals surface area contributed by atoms with E-state index in [1.807, 2.05) is 6.07 Å². The molecule has 0 aliphatic heterocycles. The van der Waals surface area contributed by atoms with Crippen LogP contribution in [0.25, 0.3) is 61.0 Å². The quantitative estimate of drug-likeness (QED) is 0.250. The fraction of sp³-hybridized carbons (Fsp3) is 0.0882. The van der Waals surface area contributed by atoms with Crippen LogP contribution in [0.3, 0.4) is 0 Å². The maximum absolute atomic E-state index is 5.06. The van der Waals surface area contributed by atoms with Crippen molar-refractivity contribution in [2.75, 3.05) is 0 Å². The van der Waals surface area contributed by atoms with Crippen LogP contribution in [0.2, 0.25) is 0 Å². The van der Waals surface area contributed by atoms with Crippen LogP contribution in [-0.2, 0) is 7.05 Å². The molecular weight excluding hydrogens is 450 g/mol. The Kier molecular flexibility index (Phi) is 4.80. The van der Waals surface area contributed by atoms with Gasteiger partial charge >= 0.3 is 0 Å². The third kappa shape index (κ3) is 3.47. The summed E-state index contributed by atoms with van der Waals surface area (Å²) < 4.78 is 4.50. The van der Waals surface area contributed by atoms with Crippen LogP contribution in [-0.4, -0.2) is 14.1 Å². The van der Waals surface area contributed by atoms with E-state index in [2.05, 4.69) is 133 Å². The second kappa shape index (κ2) is 8.21. The summed E-state index contributed by atoms with van der Waals surface area (Å²) in [6, 6.07) is 39.5. The van der Waals surface area contributed by atoms with Crippen LogP contribution in [0.5, 0.6) is 0 Å². The molecule has 7 aromatic rings. The van der Waals surface area contributed by atoms with Gasteiger partial charge in [0, 0.05) is 17.8 Å². The number of benzene rings is 5. The zero-order valence-electron chi connectivity index (χ0n) is 21.2. The van der Waals surface area contributed by atoms with Gasteiger partial charge in [-0.2, -0.15) is 0 Å². The Balaban J connectivity index is 1.53. The van der Waals surface area contributed by atoms with Gasteiger partial charge in [-0.05, 0) is 72.5 Å². The first-order valence-electron chi connectivity index (χ1n) is 12.7. The van der Waals surface area contributed by atoms with Crippen molar-refractivity contribution >= 4 is 32.8 Å². The number of nitrogens with zero attached hydrogens (tertiary/aromatic N) is 3. The van der Waals surface area contributed by atoms with Crippen molar-refractivity contribution in [3.05, 3.63) is 120 Å². The Bertz CT molecular complexity index is 1830. The summed E-state index contributed by atoms with van der Waals surface area (Å²) in [5, 5.41) is 2.46. The molecule has 0 bridgehead atoms. The Morgan fingerprint density at radius 1 is 0.514 bits per heavy atom. The summed E-state index contributed by atoms with van der Waals surface area (Å²) in [6.45, 7) is 4.26. The average molecular weight is 478 g/mol. The van der Waals surface area contributed by atoms with Gasteiger partial charge in [-0.15, -0.1) is 0 Å². The van der Waals surface area contributed by atoms with Gasteiger partial charge in [0.1, 0.15) is 0 Å². The lowest BCUT2D eigenvalue weighted by molar-refractivity contribution is 0.870. The maximum Gasteiger partial charge on any atom is 0.215 e. The highest BCUT2D eigenvalue weighted by Gasteiger charge is 2.18. The molecule has 2 heterocycles. The topological polar surface area (TPSA) is 22.8 Å². The van der Waals surface area contributed by atoms with E-state index < -0.39 is 0 Å². The Hall–Kier alpha value is -4.63. The van der Waals surface area contributed by atoms with Crippen LogP contribution in [0, 0.1) is 13.8 Å². The molecule has 37 heavy (non-hydrogen) atoms. The van der Waals surface area contributed by atoms with E-state index >= 15 is 0 Å². The van der Waals surface area contributed by atoms with Crippen molar-refractivity contribution in [1.29, 1.82) is 0 Å². The van der Waals surface area contributed by atoms with E-state index in [0.717, 1.165) is 28.0 Å². The number of aromatic nitrogens is 3. The van der Waals surface area contributed by atoms with Crippen LogP contribution in [0.15, 0.2) is 109 Å². The standard InChI is InChI=1S/C34H27N3/c1-22-8-12-24(13-9-22)26-16-18-31-28(20-26)29-21-27(25-14-10-23(2)11-15-25)17-19-32(29)37(31)34-35-30-6-4-5-7-33(30)36(34)3/h4-21H,1-3H3. The first kappa shape index (κ1) is 21.6. The van der Waals surface area contributed by atoms with E-state index in [9.17, 15) is 0 Å². The Morgan fingerprint density at radius 3 is 1.51 bits per heavy atom. The second-order valence-corrected chi connectivity index (χ2v) is 9.99. The van der Waals surface area contributed by atoms with Crippen LogP contribution in [0.4, 0.5) is 0 Å². The highest BCUT2D eigenvalue weighted by atomic mass is 15.2. The number of fused-ring (bicyclic) bond motifs is 4. The molecule has 0 spiro atoms. The smallest absolute Gasteiger partial charge is 0.215 e. The van der Waals surface area contributed by atoms with Crippen molar-refractivity contribution in [2.45, 2.75) is 13.8 Å². The lowest BCUT2D eigenvalue weighted by atomic mass is 9.99. The fourth-order valence-electron chi connectivity index (χ4n) is 5.42. The van der Waals surface area contributed by atoms with E-state index in [-0.39, 0.29) is 0 Å². The van der Waals surface area contributed by atoms with Gasteiger partial charge in [0.15, 0.2) is 0 Å². The van der Waals surface area contributed by atoms with Crippen molar-refractivity contribution in [2.24, 2.45) is 7.05 Å². The minimum absolute atomic E-state index is 0.923. The Labute approximate surface area is 216 Å². The van der Waals surface area contributed by atoms with E-state index in [4.69, 9.17) is 4.98 Å². The van der Waals surface area contributed by atoms with Crippen LogP contribution < -0.4 is 0 Å². The summed E-state index contributed by atoms with van der Waals surface area (Å²) >= 11 is 0. The van der Waals surface area contributed by atoms with Crippen molar-refractivity contribution in [1.82, 2.24) is 14.1 Å². The first-order valence-corrected chi connectivity index (χ1v) is 12.7. The maximum atomic E-state index is 5.06. The highest BCUT2D eigenvalue weighted by Crippen LogP contribution is 2.37. The van der Waals surface area contributed by atoms with Gasteiger partial charge in [-0.25, -0.2) is 4.98 Å². The van der Waals surface area contributed by atoms with Gasteiger partial charge in [0.25, 0.3) is 0 Å². The minimum Gasteiger partial charge on any atom is -0.313 e. The third-order valence-corrected chi connectivity index (χ3v) is 7.50. The van der Waals surface area contributed by atoms with Crippen molar-refractivity contribution in [3.63, 3.8) is 0 Å². The number of hydrogen-bond donors (Lipinski definition) is 0. The van der Waals surface area contributed by atoms with Crippen molar-refractivity contribution in [3.8, 4) is 28.2 Å². The summed E-state index contributed by atoms with van der Waals surface area (Å²) in [4.78, 5) is 5.06. The molecule has 2 aromatic heterocycles. The van der Waals surface area contributed by atoms with Gasteiger partial charge in [-0.1, -0.05) is 83.9 Å². The molecule has 5 aromatic carbocycles. The molecular formula is C34H27N3. The van der Waals surface area contributed by atoms with E-state index in [0.29, 0.717) is 0 Å². The summed E-state index contributed by atoms with van der Waals surface area (Å²) in [5.41, 5.74) is 11.9. The molecule has 0 fully saturated rings. The SMILES string of the molecule is Cc1ccc(-c2ccc3c(c2)c2cc(-c4ccc(C)cc4)ccc2n3-c2nc3ccccc3n2C)cc1. The van der Waals surface area contributed by atoms with E-state index in [1.165, 1.54) is 44.2 Å². The van der Waals surface area contributed by atoms with Gasteiger partial charge in [-0.3, -0.25) is 4.57 Å². The normalized spacial score (nSPS) is 11.6. The lowest BCUT2D eigenvalue weighted by Gasteiger charge is -2.09. The zero-order valence-corrected chi connectivity index (χ0v) is 21.2. The molecule has 0 aliphatic rings. The third-order valence-electron chi connectivity index (χ3n) is 7.50. The molecule has 0 amide bonds. The van der Waals surface area contributed by atoms with Crippen LogP contribution >= 0.6 is 0 Å². The van der Waals surface area contributed by atoms with Gasteiger partial charge < -0.3 is 4.57 Å². The largest absolute Gasteiger partial charge is 0.313 e. The van der Waals surface area contributed by atoms with E-state index in [1.54, 1.807) is 0 Å². The molecule has 0 atom stereocenters. The summed E-state index contributed by atoms with van der Waals surface area (Å²) in [7, 11) is 2.10. The predicted molar refractivity (Wildman–Crippen MR) is 155 cm³/mol. The number of hydrogen-bond acceptors (Lipinski definition) is 1.